The lowest BCUT2D eigenvalue weighted by Gasteiger charge is -2.19. The second-order valence-corrected chi connectivity index (χ2v) is 8.31. The second kappa shape index (κ2) is 6.69. The van der Waals surface area contributed by atoms with Crippen LogP contribution in [0.15, 0.2) is 18.6 Å². The van der Waals surface area contributed by atoms with E-state index < -0.39 is 0 Å². The number of hydrogen-bond donors (Lipinski definition) is 2. The van der Waals surface area contributed by atoms with E-state index in [9.17, 15) is 5.11 Å². The minimum Gasteiger partial charge on any atom is -0.392 e. The van der Waals surface area contributed by atoms with Crippen LogP contribution in [0.3, 0.4) is 0 Å². The molecule has 2 fully saturated rings. The Balaban J connectivity index is 1.51. The van der Waals surface area contributed by atoms with Gasteiger partial charge in [-0.3, -0.25) is 4.40 Å². The highest BCUT2D eigenvalue weighted by Gasteiger charge is 2.25. The first-order chi connectivity index (χ1) is 12.8. The molecule has 0 aromatic carbocycles. The molecule has 1 atom stereocenters. The Morgan fingerprint density at radius 3 is 2.69 bits per heavy atom. The number of H-pyrrole nitrogens is 1. The maximum atomic E-state index is 10.7. The Kier molecular flexibility index (Phi) is 4.20. The van der Waals surface area contributed by atoms with Crippen LogP contribution in [0.25, 0.3) is 16.8 Å². The Labute approximate surface area is 153 Å². The number of rotatable bonds is 4. The van der Waals surface area contributed by atoms with Gasteiger partial charge in [0.05, 0.1) is 23.5 Å². The number of aromatic amines is 1. The third-order valence-corrected chi connectivity index (χ3v) is 6.61. The van der Waals surface area contributed by atoms with E-state index in [-0.39, 0.29) is 6.10 Å². The molecule has 1 unspecified atom stereocenters. The lowest BCUT2D eigenvalue weighted by molar-refractivity contribution is 0.111. The molecule has 3 heterocycles. The highest BCUT2D eigenvalue weighted by molar-refractivity contribution is 5.78. The fraction of sp³-hybridized carbons (Fsp3) is 0.619. The zero-order valence-corrected chi connectivity index (χ0v) is 15.3. The van der Waals surface area contributed by atoms with Crippen molar-refractivity contribution in [2.24, 2.45) is 5.92 Å². The molecular formula is C21H28N4O. The lowest BCUT2D eigenvalue weighted by atomic mass is 9.87. The van der Waals surface area contributed by atoms with Crippen molar-refractivity contribution in [1.29, 1.82) is 0 Å². The van der Waals surface area contributed by atoms with E-state index >= 15 is 0 Å². The first-order valence-corrected chi connectivity index (χ1v) is 10.3. The van der Waals surface area contributed by atoms with E-state index in [0.717, 1.165) is 35.2 Å². The smallest absolute Gasteiger partial charge is 0.156 e. The summed E-state index contributed by atoms with van der Waals surface area (Å²) in [6.07, 6.45) is 17.9. The van der Waals surface area contributed by atoms with Crippen molar-refractivity contribution in [3.05, 3.63) is 29.8 Å². The average molecular weight is 352 g/mol. The Morgan fingerprint density at radius 1 is 1.12 bits per heavy atom. The van der Waals surface area contributed by atoms with Crippen molar-refractivity contribution in [3.8, 4) is 0 Å². The van der Waals surface area contributed by atoms with Gasteiger partial charge in [-0.25, -0.2) is 9.97 Å². The fourth-order valence-electron chi connectivity index (χ4n) is 5.10. The monoisotopic (exact) mass is 352 g/mol. The summed E-state index contributed by atoms with van der Waals surface area (Å²) in [6, 6.07) is 0. The van der Waals surface area contributed by atoms with Gasteiger partial charge in [0.1, 0.15) is 0 Å². The molecule has 5 rings (SSSR count). The minimum atomic E-state index is -0.256. The molecule has 0 amide bonds. The summed E-state index contributed by atoms with van der Waals surface area (Å²) < 4.78 is 2.19. The van der Waals surface area contributed by atoms with Crippen LogP contribution in [0.1, 0.15) is 75.0 Å². The number of nitrogens with one attached hydrogen (secondary N) is 1. The van der Waals surface area contributed by atoms with Crippen LogP contribution in [0.4, 0.5) is 0 Å². The van der Waals surface area contributed by atoms with E-state index in [1.54, 1.807) is 0 Å². The number of hydrogen-bond acceptors (Lipinski definition) is 3. The van der Waals surface area contributed by atoms with E-state index in [0.29, 0.717) is 18.3 Å². The standard InChI is InChI=1S/C21H28N4O/c26-18(15-8-4-5-9-15)10-16-11-22-21-20(16)25-13-17(24-19(25)12-23-21)14-6-2-1-3-7-14/h11-15,18,22,26H,1-10H2. The van der Waals surface area contributed by atoms with Crippen molar-refractivity contribution in [2.45, 2.75) is 76.2 Å². The van der Waals surface area contributed by atoms with Gasteiger partial charge in [0.15, 0.2) is 11.3 Å². The van der Waals surface area contributed by atoms with Gasteiger partial charge in [0.25, 0.3) is 0 Å². The minimum absolute atomic E-state index is 0.256. The molecule has 26 heavy (non-hydrogen) atoms. The molecule has 3 aromatic heterocycles. The van der Waals surface area contributed by atoms with E-state index in [1.807, 2.05) is 12.4 Å². The first kappa shape index (κ1) is 16.3. The molecule has 138 valence electrons. The van der Waals surface area contributed by atoms with Crippen LogP contribution in [0.2, 0.25) is 0 Å². The van der Waals surface area contributed by atoms with Crippen molar-refractivity contribution in [3.63, 3.8) is 0 Å². The summed E-state index contributed by atoms with van der Waals surface area (Å²) >= 11 is 0. The molecule has 0 radical (unpaired) electrons. The van der Waals surface area contributed by atoms with Crippen LogP contribution in [0.5, 0.6) is 0 Å². The lowest BCUT2D eigenvalue weighted by Crippen LogP contribution is -2.20. The maximum Gasteiger partial charge on any atom is 0.156 e. The Morgan fingerprint density at radius 2 is 1.88 bits per heavy atom. The number of nitrogens with zero attached hydrogens (tertiary/aromatic N) is 3. The van der Waals surface area contributed by atoms with Gasteiger partial charge in [-0.2, -0.15) is 0 Å². The summed E-state index contributed by atoms with van der Waals surface area (Å²) in [4.78, 5) is 12.8. The summed E-state index contributed by atoms with van der Waals surface area (Å²) in [5.41, 5.74) is 5.27. The zero-order chi connectivity index (χ0) is 17.5. The third-order valence-electron chi connectivity index (χ3n) is 6.61. The fourth-order valence-corrected chi connectivity index (χ4v) is 5.10. The molecule has 2 N–H and O–H groups in total. The van der Waals surface area contributed by atoms with Crippen LogP contribution >= 0.6 is 0 Å². The SMILES string of the molecule is OC(Cc1c[nH]c2ncc3nc(C4CCCCC4)cn3c12)C1CCCC1. The van der Waals surface area contributed by atoms with Gasteiger partial charge in [0, 0.05) is 24.7 Å². The van der Waals surface area contributed by atoms with Crippen molar-refractivity contribution < 1.29 is 5.11 Å². The summed E-state index contributed by atoms with van der Waals surface area (Å²) in [5.74, 6) is 1.04. The van der Waals surface area contributed by atoms with Crippen molar-refractivity contribution in [1.82, 2.24) is 19.4 Å². The number of imidazole rings is 1. The van der Waals surface area contributed by atoms with Gasteiger partial charge in [-0.1, -0.05) is 32.1 Å². The molecular weight excluding hydrogens is 324 g/mol. The van der Waals surface area contributed by atoms with Crippen molar-refractivity contribution in [2.75, 3.05) is 0 Å². The molecule has 2 aliphatic rings. The van der Waals surface area contributed by atoms with Gasteiger partial charge in [-0.05, 0) is 37.2 Å². The van der Waals surface area contributed by atoms with Crippen LogP contribution in [-0.2, 0) is 6.42 Å². The average Bonchev–Trinajstić information content (AvgIpc) is 3.41. The molecule has 5 heteroatoms. The van der Waals surface area contributed by atoms with Gasteiger partial charge in [0.2, 0.25) is 0 Å². The van der Waals surface area contributed by atoms with Gasteiger partial charge < -0.3 is 10.1 Å². The number of fused-ring (bicyclic) bond motifs is 3. The molecule has 5 nitrogen and oxygen atoms in total. The summed E-state index contributed by atoms with van der Waals surface area (Å²) in [5, 5.41) is 10.7. The summed E-state index contributed by atoms with van der Waals surface area (Å²) in [6.45, 7) is 0. The molecule has 0 aliphatic heterocycles. The van der Waals surface area contributed by atoms with Gasteiger partial charge >= 0.3 is 0 Å². The van der Waals surface area contributed by atoms with Crippen LogP contribution in [-0.4, -0.2) is 30.6 Å². The number of aliphatic hydroxyl groups excluding tert-OH is 1. The van der Waals surface area contributed by atoms with E-state index in [2.05, 4.69) is 20.6 Å². The van der Waals surface area contributed by atoms with Gasteiger partial charge in [-0.15, -0.1) is 0 Å². The van der Waals surface area contributed by atoms with Crippen LogP contribution in [0, 0.1) is 5.92 Å². The Bertz CT molecular complexity index is 899. The Hall–Kier alpha value is -1.88. The van der Waals surface area contributed by atoms with Crippen LogP contribution < -0.4 is 0 Å². The normalized spacial score (nSPS) is 21.1. The molecule has 0 spiro atoms. The molecule has 2 aliphatic carbocycles. The highest BCUT2D eigenvalue weighted by atomic mass is 16.3. The predicted octanol–water partition coefficient (Wildman–Crippen LogP) is 4.35. The third kappa shape index (κ3) is 2.82. The van der Waals surface area contributed by atoms with E-state index in [1.165, 1.54) is 50.6 Å². The topological polar surface area (TPSA) is 66.2 Å². The summed E-state index contributed by atoms with van der Waals surface area (Å²) in [7, 11) is 0. The number of aromatic nitrogens is 4. The zero-order valence-electron chi connectivity index (χ0n) is 15.3. The second-order valence-electron chi connectivity index (χ2n) is 8.31. The maximum absolute atomic E-state index is 10.7. The predicted molar refractivity (Wildman–Crippen MR) is 102 cm³/mol. The first-order valence-electron chi connectivity index (χ1n) is 10.3. The molecule has 2 saturated carbocycles. The molecule has 0 bridgehead atoms. The highest BCUT2D eigenvalue weighted by Crippen LogP contribution is 2.34. The largest absolute Gasteiger partial charge is 0.392 e. The molecule has 0 saturated heterocycles. The number of aliphatic hydroxyl groups is 1. The quantitative estimate of drug-likeness (QED) is 0.733. The van der Waals surface area contributed by atoms with E-state index in [4.69, 9.17) is 4.98 Å². The van der Waals surface area contributed by atoms with Crippen molar-refractivity contribution >= 4 is 16.8 Å². The molecule has 3 aromatic rings.